The number of nitrogens with zero attached hydrogens (tertiary/aromatic N) is 3. The van der Waals surface area contributed by atoms with Gasteiger partial charge in [-0.25, -0.2) is 4.57 Å². The molecular weight excluding hydrogens is 421 g/mol. The summed E-state index contributed by atoms with van der Waals surface area (Å²) in [6.07, 6.45) is 0.888. The molecule has 3 aromatic rings. The molecule has 13 heteroatoms. The number of aromatic nitrogens is 4. The standard InChI is InChI=1S/C16H20N5O6PS/c1-20-9-21(14-13(20)15(22)19-16(17)18-14)10-26-11(7-27-28(23,24)25)8-29-12-5-3-2-4-6-12/h2-6,9,11H,7-8,10H2,1H3,(H4-,17,18,19,22,23,24,25)/p-1. The summed E-state index contributed by atoms with van der Waals surface area (Å²) in [5.74, 6) is 0.298. The highest BCUT2D eigenvalue weighted by Crippen LogP contribution is 2.26. The van der Waals surface area contributed by atoms with Crippen LogP contribution in [0.15, 0.2) is 46.3 Å². The van der Waals surface area contributed by atoms with Crippen molar-refractivity contribution in [3.8, 4) is 0 Å². The van der Waals surface area contributed by atoms with Gasteiger partial charge in [0, 0.05) is 10.6 Å². The van der Waals surface area contributed by atoms with Crippen LogP contribution in [0, 0.1) is 0 Å². The minimum absolute atomic E-state index is 0.0411. The van der Waals surface area contributed by atoms with E-state index in [4.69, 9.17) is 10.5 Å². The molecule has 3 N–H and O–H groups in total. The van der Waals surface area contributed by atoms with E-state index in [1.54, 1.807) is 22.5 Å². The molecule has 3 rings (SSSR count). The summed E-state index contributed by atoms with van der Waals surface area (Å²) in [6, 6.07) is 9.42. The Kier molecular flexibility index (Phi) is 6.73. The molecule has 0 aliphatic carbocycles. The number of anilines is 1. The zero-order valence-electron chi connectivity index (χ0n) is 15.4. The molecule has 0 fully saturated rings. The summed E-state index contributed by atoms with van der Waals surface area (Å²) < 4.78 is 24.1. The van der Waals surface area contributed by atoms with Gasteiger partial charge in [0.05, 0.1) is 27.6 Å². The summed E-state index contributed by atoms with van der Waals surface area (Å²) in [5, 5.41) is 0. The molecule has 1 aromatic carbocycles. The number of nitrogen functional groups attached to an aromatic ring is 1. The van der Waals surface area contributed by atoms with E-state index in [2.05, 4.69) is 14.5 Å². The Morgan fingerprint density at radius 1 is 1.38 bits per heavy atom. The molecule has 29 heavy (non-hydrogen) atoms. The maximum atomic E-state index is 12.1. The average Bonchev–Trinajstić information content (AvgIpc) is 2.97. The molecule has 2 aromatic heterocycles. The molecule has 1 unspecified atom stereocenters. The predicted octanol–water partition coefficient (Wildman–Crippen LogP) is -0.888. The van der Waals surface area contributed by atoms with Gasteiger partial charge in [0.1, 0.15) is 0 Å². The summed E-state index contributed by atoms with van der Waals surface area (Å²) in [6.45, 7) is -0.482. The quantitative estimate of drug-likeness (QED) is 0.244. The lowest BCUT2D eigenvalue weighted by Crippen LogP contribution is -2.38. The first kappa shape index (κ1) is 21.5. The van der Waals surface area contributed by atoms with Crippen LogP contribution in [0.5, 0.6) is 0 Å². The summed E-state index contributed by atoms with van der Waals surface area (Å²) in [7, 11) is -3.46. The van der Waals surface area contributed by atoms with E-state index in [-0.39, 0.29) is 12.7 Å². The first-order chi connectivity index (χ1) is 13.7. The first-order valence-electron chi connectivity index (χ1n) is 8.43. The number of nitrogens with one attached hydrogen (secondary N) is 1. The number of aromatic amines is 1. The van der Waals surface area contributed by atoms with Crippen molar-refractivity contribution in [3.05, 3.63) is 47.0 Å². The lowest BCUT2D eigenvalue weighted by atomic mass is 10.4. The second kappa shape index (κ2) is 9.08. The van der Waals surface area contributed by atoms with Crippen LogP contribution in [0.2, 0.25) is 0 Å². The Morgan fingerprint density at radius 2 is 2.10 bits per heavy atom. The number of imidazole rings is 1. The summed E-state index contributed by atoms with van der Waals surface area (Å²) in [5.41, 5.74) is 5.83. The maximum absolute atomic E-state index is 12.1. The zero-order valence-corrected chi connectivity index (χ0v) is 17.1. The molecule has 0 radical (unpaired) electrons. The minimum atomic E-state index is -5.13. The van der Waals surface area contributed by atoms with Gasteiger partial charge in [-0.05, 0) is 12.1 Å². The Morgan fingerprint density at radius 3 is 2.79 bits per heavy atom. The fraction of sp³-hybridized carbons (Fsp3) is 0.312. The smallest absolute Gasteiger partial charge is 0.313 e. The number of phosphoric ester groups is 1. The van der Waals surface area contributed by atoms with Gasteiger partial charge in [0.15, 0.2) is 13.1 Å². The number of hydrogen-bond donors (Lipinski definition) is 2. The molecule has 0 aliphatic rings. The Balaban J connectivity index is 1.74. The van der Waals surface area contributed by atoms with Crippen molar-refractivity contribution in [1.82, 2.24) is 14.5 Å². The number of fused-ring (bicyclic) bond motifs is 1. The normalized spacial score (nSPS) is 13.1. The van der Waals surface area contributed by atoms with E-state index in [1.165, 1.54) is 11.8 Å². The molecule has 156 valence electrons. The number of hydrogen-bond acceptors (Lipinski definition) is 9. The van der Waals surface area contributed by atoms with Crippen molar-refractivity contribution >= 4 is 36.7 Å². The SMILES string of the molecule is Cn1c[n+](COC(COP(=O)([O-])[O-])CSc2ccccc2)c2nc(N)[nH]c(=O)c21. The number of benzene rings is 1. The highest BCUT2D eigenvalue weighted by atomic mass is 32.2. The molecular formula is C16H19N5O6PS-. The molecule has 11 nitrogen and oxygen atoms in total. The molecule has 0 amide bonds. The van der Waals surface area contributed by atoms with Crippen LogP contribution in [0.1, 0.15) is 0 Å². The van der Waals surface area contributed by atoms with E-state index in [9.17, 15) is 19.1 Å². The number of thioether (sulfide) groups is 1. The van der Waals surface area contributed by atoms with Crippen LogP contribution in [-0.2, 0) is 27.6 Å². The zero-order chi connectivity index (χ0) is 21.0. The fourth-order valence-corrected chi connectivity index (χ4v) is 3.89. The number of phosphoric acid groups is 1. The van der Waals surface area contributed by atoms with Crippen molar-refractivity contribution in [2.75, 3.05) is 18.1 Å². The maximum Gasteiger partial charge on any atom is 0.313 e. The number of ether oxygens (including phenoxy) is 1. The predicted molar refractivity (Wildman–Crippen MR) is 102 cm³/mol. The highest BCUT2D eigenvalue weighted by Gasteiger charge is 2.21. The van der Waals surface area contributed by atoms with Crippen molar-refractivity contribution in [3.63, 3.8) is 0 Å². The van der Waals surface area contributed by atoms with Crippen LogP contribution in [0.25, 0.3) is 11.2 Å². The van der Waals surface area contributed by atoms with Crippen LogP contribution in [0.4, 0.5) is 5.95 Å². The third-order valence-corrected chi connectivity index (χ3v) is 5.49. The minimum Gasteiger partial charge on any atom is -0.790 e. The Labute approximate surface area is 169 Å². The third-order valence-electron chi connectivity index (χ3n) is 3.88. The lowest BCUT2D eigenvalue weighted by molar-refractivity contribution is -0.713. The largest absolute Gasteiger partial charge is 0.790 e. The van der Waals surface area contributed by atoms with Gasteiger partial charge in [-0.1, -0.05) is 23.2 Å². The lowest BCUT2D eigenvalue weighted by Gasteiger charge is -2.30. The van der Waals surface area contributed by atoms with Gasteiger partial charge >= 0.3 is 5.65 Å². The molecule has 0 spiro atoms. The summed E-state index contributed by atoms with van der Waals surface area (Å²) in [4.78, 5) is 41.3. The van der Waals surface area contributed by atoms with Crippen LogP contribution < -0.4 is 25.6 Å². The monoisotopic (exact) mass is 440 g/mol. The topological polar surface area (TPSA) is 162 Å². The van der Waals surface area contributed by atoms with E-state index in [0.29, 0.717) is 16.9 Å². The van der Waals surface area contributed by atoms with Gasteiger partial charge in [-0.15, -0.1) is 11.8 Å². The van der Waals surface area contributed by atoms with Crippen LogP contribution in [0.3, 0.4) is 0 Å². The second-order valence-electron chi connectivity index (χ2n) is 6.10. The number of rotatable bonds is 9. The van der Waals surface area contributed by atoms with E-state index >= 15 is 0 Å². The second-order valence-corrected chi connectivity index (χ2v) is 8.35. The molecule has 1 atom stereocenters. The first-order valence-corrected chi connectivity index (χ1v) is 10.9. The van der Waals surface area contributed by atoms with Crippen molar-refractivity contribution in [2.45, 2.75) is 17.7 Å². The van der Waals surface area contributed by atoms with Gasteiger partial charge in [-0.2, -0.15) is 0 Å². The number of nitrogens with two attached hydrogens (primary N) is 1. The van der Waals surface area contributed by atoms with Gasteiger partial charge in [-0.3, -0.25) is 14.3 Å². The third kappa shape index (κ3) is 5.89. The number of aryl methyl sites for hydroxylation is 1. The molecule has 0 aliphatic heterocycles. The fourth-order valence-electron chi connectivity index (χ4n) is 2.62. The number of H-pyrrole nitrogens is 1. The highest BCUT2D eigenvalue weighted by molar-refractivity contribution is 7.99. The van der Waals surface area contributed by atoms with Crippen LogP contribution >= 0.6 is 19.6 Å². The molecule has 0 saturated carbocycles. The molecule has 2 heterocycles. The van der Waals surface area contributed by atoms with Gasteiger partial charge in [0.2, 0.25) is 5.52 Å². The average molecular weight is 440 g/mol. The summed E-state index contributed by atoms with van der Waals surface area (Å²) >= 11 is 1.42. The molecule has 0 bridgehead atoms. The van der Waals surface area contributed by atoms with Crippen molar-refractivity contribution < 1.29 is 28.2 Å². The van der Waals surface area contributed by atoms with Crippen LogP contribution in [-0.4, -0.2) is 33.0 Å². The van der Waals surface area contributed by atoms with Crippen molar-refractivity contribution in [1.29, 1.82) is 0 Å². The molecule has 0 saturated heterocycles. The van der Waals surface area contributed by atoms with Crippen molar-refractivity contribution in [2.24, 2.45) is 7.05 Å². The van der Waals surface area contributed by atoms with E-state index in [0.717, 1.165) is 4.90 Å². The Bertz CT molecular complexity index is 1080. The van der Waals surface area contributed by atoms with Gasteiger partial charge < -0.3 is 29.3 Å². The van der Waals surface area contributed by atoms with E-state index in [1.807, 2.05) is 30.3 Å². The van der Waals surface area contributed by atoms with Gasteiger partial charge in [0.25, 0.3) is 11.5 Å². The van der Waals surface area contributed by atoms with E-state index < -0.39 is 26.1 Å². The Hall–Kier alpha value is -2.21.